The van der Waals surface area contributed by atoms with Crippen LogP contribution < -0.4 is 11.1 Å². The van der Waals surface area contributed by atoms with Crippen molar-refractivity contribution in [3.05, 3.63) is 68.1 Å². The van der Waals surface area contributed by atoms with Crippen LogP contribution in [0.1, 0.15) is 29.5 Å². The highest BCUT2D eigenvalue weighted by molar-refractivity contribution is 9.11. The number of hydrogen-bond acceptors (Lipinski definition) is 3. The lowest BCUT2D eigenvalue weighted by molar-refractivity contribution is -0.132. The third-order valence-electron chi connectivity index (χ3n) is 6.19. The van der Waals surface area contributed by atoms with E-state index in [9.17, 15) is 4.79 Å². The summed E-state index contributed by atoms with van der Waals surface area (Å²) in [6, 6.07) is 15.1. The van der Waals surface area contributed by atoms with Crippen molar-refractivity contribution in [2.24, 2.45) is 5.73 Å². The number of nitrogens with zero attached hydrogens (tertiary/aromatic N) is 1. The molecule has 28 heavy (non-hydrogen) atoms. The lowest BCUT2D eigenvalue weighted by Gasteiger charge is -2.47. The molecule has 2 aliphatic rings. The van der Waals surface area contributed by atoms with Crippen LogP contribution in [0.4, 0.5) is 0 Å². The van der Waals surface area contributed by atoms with Crippen molar-refractivity contribution in [3.63, 3.8) is 0 Å². The van der Waals surface area contributed by atoms with Crippen LogP contribution in [0.2, 0.25) is 0 Å². The van der Waals surface area contributed by atoms with Gasteiger partial charge in [-0.05, 0) is 48.2 Å². The van der Waals surface area contributed by atoms with Crippen LogP contribution in [0.25, 0.3) is 0 Å². The summed E-state index contributed by atoms with van der Waals surface area (Å²) in [6.45, 7) is 4.71. The van der Waals surface area contributed by atoms with Crippen LogP contribution in [-0.2, 0) is 17.6 Å². The van der Waals surface area contributed by atoms with Gasteiger partial charge in [-0.3, -0.25) is 9.69 Å². The van der Waals surface area contributed by atoms with Gasteiger partial charge in [-0.1, -0.05) is 56.1 Å². The number of halogens is 2. The van der Waals surface area contributed by atoms with Crippen LogP contribution in [0.5, 0.6) is 0 Å². The second-order valence-electron chi connectivity index (χ2n) is 8.00. The van der Waals surface area contributed by atoms with E-state index in [0.717, 1.165) is 35.0 Å². The van der Waals surface area contributed by atoms with Gasteiger partial charge in [0.15, 0.2) is 0 Å². The van der Waals surface area contributed by atoms with E-state index < -0.39 is 5.54 Å². The Morgan fingerprint density at radius 3 is 2.64 bits per heavy atom. The van der Waals surface area contributed by atoms with Gasteiger partial charge in [0, 0.05) is 47.0 Å². The quantitative estimate of drug-likeness (QED) is 0.665. The minimum Gasteiger partial charge on any atom is -0.368 e. The van der Waals surface area contributed by atoms with Crippen LogP contribution in [0, 0.1) is 0 Å². The number of amides is 1. The Morgan fingerprint density at radius 1 is 1.25 bits per heavy atom. The number of benzene rings is 2. The van der Waals surface area contributed by atoms with Gasteiger partial charge in [0.25, 0.3) is 0 Å². The van der Waals surface area contributed by atoms with Gasteiger partial charge in [0.05, 0.1) is 0 Å². The molecule has 3 unspecified atom stereocenters. The van der Waals surface area contributed by atoms with E-state index in [4.69, 9.17) is 5.73 Å². The second-order valence-corrected chi connectivity index (χ2v) is 9.83. The zero-order valence-corrected chi connectivity index (χ0v) is 19.1. The highest BCUT2D eigenvalue weighted by atomic mass is 79.9. The smallest absolute Gasteiger partial charge is 0.238 e. The van der Waals surface area contributed by atoms with Gasteiger partial charge in [0.1, 0.15) is 5.54 Å². The molecule has 1 aliphatic heterocycles. The topological polar surface area (TPSA) is 58.4 Å². The highest BCUT2D eigenvalue weighted by Crippen LogP contribution is 2.47. The molecular weight excluding hydrogens is 482 g/mol. The Balaban J connectivity index is 1.80. The zero-order chi connectivity index (χ0) is 19.9. The first-order valence-corrected chi connectivity index (χ1v) is 11.3. The summed E-state index contributed by atoms with van der Waals surface area (Å²) >= 11 is 7.19. The number of nitrogens with two attached hydrogens (primary N) is 1. The molecule has 0 radical (unpaired) electrons. The Kier molecular flexibility index (Phi) is 5.67. The van der Waals surface area contributed by atoms with Gasteiger partial charge in [-0.25, -0.2) is 0 Å². The fourth-order valence-electron chi connectivity index (χ4n) is 4.99. The summed E-state index contributed by atoms with van der Waals surface area (Å²) in [4.78, 5) is 15.4. The molecule has 1 fully saturated rings. The van der Waals surface area contributed by atoms with Crippen molar-refractivity contribution in [2.75, 3.05) is 19.6 Å². The van der Waals surface area contributed by atoms with Gasteiger partial charge in [-0.15, -0.1) is 0 Å². The lowest BCUT2D eigenvalue weighted by Crippen LogP contribution is -2.66. The van der Waals surface area contributed by atoms with Crippen molar-refractivity contribution in [3.8, 4) is 0 Å². The average molecular weight is 507 g/mol. The third kappa shape index (κ3) is 3.56. The molecule has 4 nitrogen and oxygen atoms in total. The molecule has 1 aliphatic carbocycles. The van der Waals surface area contributed by atoms with Gasteiger partial charge >= 0.3 is 0 Å². The molecule has 1 saturated heterocycles. The number of piperazine rings is 1. The first-order chi connectivity index (χ1) is 13.4. The fraction of sp³-hybridized carbons (Fsp3) is 0.409. The van der Waals surface area contributed by atoms with E-state index in [0.29, 0.717) is 12.5 Å². The minimum absolute atomic E-state index is 0.0349. The van der Waals surface area contributed by atoms with Crippen molar-refractivity contribution in [1.82, 2.24) is 10.2 Å². The molecular formula is C22H25Br2N3O. The predicted molar refractivity (Wildman–Crippen MR) is 119 cm³/mol. The summed E-state index contributed by atoms with van der Waals surface area (Å²) in [5.74, 6) is -0.176. The number of carbonyl (C=O) groups is 1. The van der Waals surface area contributed by atoms with E-state index in [1.165, 1.54) is 16.7 Å². The number of rotatable bonds is 4. The Morgan fingerprint density at radius 2 is 1.96 bits per heavy atom. The van der Waals surface area contributed by atoms with E-state index in [1.807, 2.05) is 6.07 Å². The average Bonchev–Trinajstić information content (AvgIpc) is 2.96. The first kappa shape index (κ1) is 20.1. The van der Waals surface area contributed by atoms with E-state index in [2.05, 4.69) is 85.4 Å². The van der Waals surface area contributed by atoms with E-state index >= 15 is 0 Å². The summed E-state index contributed by atoms with van der Waals surface area (Å²) < 4.78 is 2.06. The largest absolute Gasteiger partial charge is 0.368 e. The number of carbonyl (C=O) groups excluding carboxylic acids is 1. The number of hydrogen-bond donors (Lipinski definition) is 2. The number of primary amides is 1. The summed E-state index contributed by atoms with van der Waals surface area (Å²) in [7, 11) is 0. The highest BCUT2D eigenvalue weighted by Gasteiger charge is 2.54. The molecule has 3 atom stereocenters. The Labute approximate surface area is 183 Å². The second kappa shape index (κ2) is 7.90. The molecule has 0 aromatic heterocycles. The minimum atomic E-state index is -0.686. The molecule has 3 N–H and O–H groups in total. The van der Waals surface area contributed by atoms with Crippen LogP contribution >= 0.6 is 31.9 Å². The van der Waals surface area contributed by atoms with E-state index in [1.54, 1.807) is 0 Å². The molecule has 0 saturated carbocycles. The molecule has 0 bridgehead atoms. The summed E-state index contributed by atoms with van der Waals surface area (Å²) in [5.41, 5.74) is 9.17. The molecule has 4 rings (SSSR count). The molecule has 0 spiro atoms. The normalized spacial score (nSPS) is 27.5. The SMILES string of the molecule is CC1CN(C2(C(N)=O)Cc3ccccc3C2Cc2cc(Br)cc(Br)c2)CCN1. The maximum absolute atomic E-state index is 13.1. The molecule has 2 aromatic carbocycles. The first-order valence-electron chi connectivity index (χ1n) is 9.71. The van der Waals surface area contributed by atoms with Crippen LogP contribution in [0.3, 0.4) is 0 Å². The van der Waals surface area contributed by atoms with Crippen molar-refractivity contribution < 1.29 is 4.79 Å². The van der Waals surface area contributed by atoms with E-state index in [-0.39, 0.29) is 11.8 Å². The van der Waals surface area contributed by atoms with Crippen molar-refractivity contribution in [1.29, 1.82) is 0 Å². The predicted octanol–water partition coefficient (Wildman–Crippen LogP) is 3.61. The van der Waals surface area contributed by atoms with Crippen molar-refractivity contribution in [2.45, 2.75) is 37.3 Å². The number of nitrogens with one attached hydrogen (secondary N) is 1. The van der Waals surface area contributed by atoms with Crippen LogP contribution in [-0.4, -0.2) is 42.0 Å². The zero-order valence-electron chi connectivity index (χ0n) is 15.9. The monoisotopic (exact) mass is 505 g/mol. The van der Waals surface area contributed by atoms with Gasteiger partial charge in [-0.2, -0.15) is 0 Å². The van der Waals surface area contributed by atoms with Gasteiger partial charge in [0.2, 0.25) is 5.91 Å². The fourth-order valence-corrected chi connectivity index (χ4v) is 6.38. The summed E-state index contributed by atoms with van der Waals surface area (Å²) in [6.07, 6.45) is 1.46. The maximum atomic E-state index is 13.1. The van der Waals surface area contributed by atoms with Crippen molar-refractivity contribution >= 4 is 37.8 Å². The van der Waals surface area contributed by atoms with Crippen LogP contribution in [0.15, 0.2) is 51.4 Å². The standard InChI is InChI=1S/C22H25Br2N3O/c1-14-13-27(7-6-26-14)22(21(25)28)12-16-4-2-3-5-19(16)20(22)10-15-8-17(23)11-18(24)9-15/h2-5,8-9,11,14,20,26H,6-7,10,12-13H2,1H3,(H2,25,28). The summed E-state index contributed by atoms with van der Waals surface area (Å²) in [5, 5.41) is 3.49. The molecule has 148 valence electrons. The van der Waals surface area contributed by atoms with Gasteiger partial charge < -0.3 is 11.1 Å². The number of fused-ring (bicyclic) bond motifs is 1. The molecule has 1 heterocycles. The third-order valence-corrected chi connectivity index (χ3v) is 7.10. The molecule has 1 amide bonds. The molecule has 2 aromatic rings. The molecule has 6 heteroatoms. The lowest BCUT2D eigenvalue weighted by atomic mass is 9.77. The maximum Gasteiger partial charge on any atom is 0.238 e. The Hall–Kier alpha value is -1.21. The Bertz CT molecular complexity index is 883.